The van der Waals surface area contributed by atoms with Gasteiger partial charge in [0.25, 0.3) is 0 Å². The number of nitrogens with zero attached hydrogens (tertiary/aromatic N) is 2. The lowest BCUT2D eigenvalue weighted by Crippen LogP contribution is -2.42. The maximum absolute atomic E-state index is 12.0. The summed E-state index contributed by atoms with van der Waals surface area (Å²) in [6, 6.07) is 8.05. The zero-order valence-electron chi connectivity index (χ0n) is 16.6. The van der Waals surface area contributed by atoms with E-state index in [9.17, 15) is 4.79 Å². The van der Waals surface area contributed by atoms with Crippen molar-refractivity contribution in [3.05, 3.63) is 29.8 Å². The van der Waals surface area contributed by atoms with Gasteiger partial charge in [-0.05, 0) is 56.4 Å². The predicted octanol–water partition coefficient (Wildman–Crippen LogP) is 2.40. The van der Waals surface area contributed by atoms with Crippen LogP contribution in [-0.4, -0.2) is 56.5 Å². The zero-order valence-corrected chi connectivity index (χ0v) is 16.6. The van der Waals surface area contributed by atoms with Crippen molar-refractivity contribution in [1.29, 1.82) is 0 Å². The fourth-order valence-electron chi connectivity index (χ4n) is 4.11. The highest BCUT2D eigenvalue weighted by molar-refractivity contribution is 5.94. The highest BCUT2D eigenvalue weighted by Crippen LogP contribution is 2.31. The van der Waals surface area contributed by atoms with Gasteiger partial charge in [0.1, 0.15) is 0 Å². The second-order valence-electron chi connectivity index (χ2n) is 7.58. The van der Waals surface area contributed by atoms with Crippen LogP contribution in [0.1, 0.15) is 44.1 Å². The molecule has 6 heteroatoms. The van der Waals surface area contributed by atoms with E-state index >= 15 is 0 Å². The molecule has 1 atom stereocenters. The molecule has 1 aromatic carbocycles. The molecular weight excluding hydrogens is 338 g/mol. The zero-order chi connectivity index (χ0) is 19.1. The molecule has 1 unspecified atom stereocenters. The topological polar surface area (TPSA) is 68.8 Å². The van der Waals surface area contributed by atoms with Crippen molar-refractivity contribution in [1.82, 2.24) is 15.5 Å². The van der Waals surface area contributed by atoms with Crippen molar-refractivity contribution in [2.45, 2.75) is 38.5 Å². The van der Waals surface area contributed by atoms with Crippen LogP contribution in [0.15, 0.2) is 29.3 Å². The summed E-state index contributed by atoms with van der Waals surface area (Å²) in [6.45, 7) is 7.53. The Balaban J connectivity index is 1.43. The molecule has 1 amide bonds. The molecule has 3 N–H and O–H groups in total. The summed E-state index contributed by atoms with van der Waals surface area (Å²) in [5, 5.41) is 9.80. The van der Waals surface area contributed by atoms with Gasteiger partial charge in [-0.1, -0.05) is 25.1 Å². The van der Waals surface area contributed by atoms with Crippen LogP contribution < -0.4 is 16.0 Å². The SMILES string of the molecule is CCN1CCC(CCNC(=NC)NCC2CC(=O)Nc3ccccc32)CC1. The lowest BCUT2D eigenvalue weighted by Gasteiger charge is -2.31. The summed E-state index contributed by atoms with van der Waals surface area (Å²) in [5.74, 6) is 1.89. The van der Waals surface area contributed by atoms with Gasteiger partial charge in [-0.25, -0.2) is 0 Å². The minimum absolute atomic E-state index is 0.0851. The van der Waals surface area contributed by atoms with Crippen LogP contribution >= 0.6 is 0 Å². The van der Waals surface area contributed by atoms with Gasteiger partial charge in [0.05, 0.1) is 0 Å². The number of guanidine groups is 1. The Kier molecular flexibility index (Phi) is 7.10. The first-order valence-corrected chi connectivity index (χ1v) is 10.2. The van der Waals surface area contributed by atoms with Gasteiger partial charge in [0, 0.05) is 38.2 Å². The van der Waals surface area contributed by atoms with E-state index in [2.05, 4.69) is 38.8 Å². The van der Waals surface area contributed by atoms with Crippen molar-refractivity contribution >= 4 is 17.6 Å². The van der Waals surface area contributed by atoms with E-state index in [1.165, 1.54) is 44.5 Å². The molecule has 0 spiro atoms. The lowest BCUT2D eigenvalue weighted by atomic mass is 9.90. The van der Waals surface area contributed by atoms with Crippen LogP contribution in [0, 0.1) is 5.92 Å². The third-order valence-corrected chi connectivity index (χ3v) is 5.85. The van der Waals surface area contributed by atoms with Gasteiger partial charge in [0.2, 0.25) is 5.91 Å². The number of hydrogen-bond acceptors (Lipinski definition) is 3. The molecule has 0 aromatic heterocycles. The molecule has 1 aromatic rings. The minimum atomic E-state index is 0.0851. The summed E-state index contributed by atoms with van der Waals surface area (Å²) in [6.07, 6.45) is 4.30. The lowest BCUT2D eigenvalue weighted by molar-refractivity contribution is -0.116. The number of amides is 1. The number of carbonyl (C=O) groups is 1. The summed E-state index contributed by atoms with van der Waals surface area (Å²) in [7, 11) is 1.80. The average molecular weight is 372 g/mol. The summed E-state index contributed by atoms with van der Waals surface area (Å²) in [4.78, 5) is 18.8. The Bertz CT molecular complexity index is 652. The molecule has 3 rings (SSSR count). The molecule has 2 aliphatic rings. The second kappa shape index (κ2) is 9.74. The van der Waals surface area contributed by atoms with Crippen LogP contribution in [-0.2, 0) is 4.79 Å². The molecule has 6 nitrogen and oxygen atoms in total. The quantitative estimate of drug-likeness (QED) is 0.531. The fourth-order valence-corrected chi connectivity index (χ4v) is 4.11. The number of carbonyl (C=O) groups excluding carboxylic acids is 1. The Hall–Kier alpha value is -2.08. The number of benzene rings is 1. The normalized spacial score (nSPS) is 21.5. The number of nitrogens with one attached hydrogen (secondary N) is 3. The molecule has 1 saturated heterocycles. The Labute approximate surface area is 162 Å². The van der Waals surface area contributed by atoms with Crippen LogP contribution in [0.4, 0.5) is 5.69 Å². The van der Waals surface area contributed by atoms with E-state index in [-0.39, 0.29) is 11.8 Å². The summed E-state index contributed by atoms with van der Waals surface area (Å²) >= 11 is 0. The van der Waals surface area contributed by atoms with E-state index in [4.69, 9.17) is 0 Å². The number of aliphatic imine (C=N–C) groups is 1. The van der Waals surface area contributed by atoms with Gasteiger partial charge < -0.3 is 20.9 Å². The maximum atomic E-state index is 12.0. The van der Waals surface area contributed by atoms with Crippen molar-refractivity contribution < 1.29 is 4.79 Å². The first-order valence-electron chi connectivity index (χ1n) is 10.2. The van der Waals surface area contributed by atoms with E-state index in [1.54, 1.807) is 7.05 Å². The monoisotopic (exact) mass is 371 g/mol. The van der Waals surface area contributed by atoms with Gasteiger partial charge in [-0.2, -0.15) is 0 Å². The van der Waals surface area contributed by atoms with Gasteiger partial charge in [0.15, 0.2) is 5.96 Å². The van der Waals surface area contributed by atoms with Crippen LogP contribution in [0.3, 0.4) is 0 Å². The van der Waals surface area contributed by atoms with Gasteiger partial charge in [-0.15, -0.1) is 0 Å². The summed E-state index contributed by atoms with van der Waals surface area (Å²) < 4.78 is 0. The standard InChI is InChI=1S/C21H33N5O/c1-3-26-12-9-16(10-13-26)8-11-23-21(22-2)24-15-17-14-20(27)25-19-7-5-4-6-18(17)19/h4-7,16-17H,3,8-15H2,1-2H3,(H,25,27)(H2,22,23,24). The highest BCUT2D eigenvalue weighted by Gasteiger charge is 2.24. The Morgan fingerprint density at radius 3 is 2.78 bits per heavy atom. The fraction of sp³-hybridized carbons (Fsp3) is 0.619. The molecule has 0 saturated carbocycles. The third kappa shape index (κ3) is 5.45. The molecule has 2 aliphatic heterocycles. The number of para-hydroxylation sites is 1. The number of fused-ring (bicyclic) bond motifs is 1. The first kappa shape index (κ1) is 19.7. The third-order valence-electron chi connectivity index (χ3n) is 5.85. The first-order chi connectivity index (χ1) is 13.2. The molecule has 1 fully saturated rings. The van der Waals surface area contributed by atoms with E-state index in [0.29, 0.717) is 13.0 Å². The smallest absolute Gasteiger partial charge is 0.225 e. The number of likely N-dealkylation sites (tertiary alicyclic amines) is 1. The molecular formula is C21H33N5O. The minimum Gasteiger partial charge on any atom is -0.356 e. The summed E-state index contributed by atoms with van der Waals surface area (Å²) in [5.41, 5.74) is 2.13. The highest BCUT2D eigenvalue weighted by atomic mass is 16.1. The van der Waals surface area contributed by atoms with E-state index in [0.717, 1.165) is 24.1 Å². The predicted molar refractivity (Wildman–Crippen MR) is 111 cm³/mol. The Morgan fingerprint density at radius 1 is 1.26 bits per heavy atom. The molecule has 148 valence electrons. The van der Waals surface area contributed by atoms with E-state index < -0.39 is 0 Å². The average Bonchev–Trinajstić information content (AvgIpc) is 2.70. The van der Waals surface area contributed by atoms with Crippen LogP contribution in [0.2, 0.25) is 0 Å². The maximum Gasteiger partial charge on any atom is 0.225 e. The number of hydrogen-bond donors (Lipinski definition) is 3. The molecule has 0 bridgehead atoms. The van der Waals surface area contributed by atoms with Crippen LogP contribution in [0.5, 0.6) is 0 Å². The molecule has 2 heterocycles. The number of rotatable bonds is 6. The van der Waals surface area contributed by atoms with Gasteiger partial charge >= 0.3 is 0 Å². The van der Waals surface area contributed by atoms with Crippen molar-refractivity contribution in [3.8, 4) is 0 Å². The second-order valence-corrected chi connectivity index (χ2v) is 7.58. The van der Waals surface area contributed by atoms with Crippen molar-refractivity contribution in [2.75, 3.05) is 45.1 Å². The van der Waals surface area contributed by atoms with Crippen molar-refractivity contribution in [3.63, 3.8) is 0 Å². The molecule has 0 aliphatic carbocycles. The van der Waals surface area contributed by atoms with E-state index in [1.807, 2.05) is 18.2 Å². The molecule has 27 heavy (non-hydrogen) atoms. The molecule has 0 radical (unpaired) electrons. The van der Waals surface area contributed by atoms with Crippen LogP contribution in [0.25, 0.3) is 0 Å². The largest absolute Gasteiger partial charge is 0.356 e. The van der Waals surface area contributed by atoms with Gasteiger partial charge in [-0.3, -0.25) is 9.79 Å². The Morgan fingerprint density at radius 2 is 2.04 bits per heavy atom. The van der Waals surface area contributed by atoms with Crippen molar-refractivity contribution in [2.24, 2.45) is 10.9 Å². The number of piperidine rings is 1. The number of anilines is 1.